The second kappa shape index (κ2) is 7.17. The summed E-state index contributed by atoms with van der Waals surface area (Å²) in [6.45, 7) is 6.56. The number of nitrogens with zero attached hydrogens (tertiary/aromatic N) is 1. The van der Waals surface area contributed by atoms with E-state index in [0.717, 1.165) is 38.4 Å². The van der Waals surface area contributed by atoms with Crippen molar-refractivity contribution in [3.8, 4) is 0 Å². The summed E-state index contributed by atoms with van der Waals surface area (Å²) in [7, 11) is 0. The largest absolute Gasteiger partial charge is 0.448 e. The molecule has 1 N–H and O–H groups in total. The molecule has 2 rings (SSSR count). The molecule has 0 spiro atoms. The fourth-order valence-corrected chi connectivity index (χ4v) is 2.75. The summed E-state index contributed by atoms with van der Waals surface area (Å²) in [5.74, 6) is 1.03. The van der Waals surface area contributed by atoms with Crippen LogP contribution in [0.15, 0.2) is 16.5 Å². The van der Waals surface area contributed by atoms with E-state index >= 15 is 0 Å². The second-order valence-corrected chi connectivity index (χ2v) is 5.31. The molecule has 0 aromatic carbocycles. The van der Waals surface area contributed by atoms with Crippen LogP contribution in [-0.2, 0) is 0 Å². The minimum absolute atomic E-state index is 0.395. The average Bonchev–Trinajstić information content (AvgIpc) is 2.82. The van der Waals surface area contributed by atoms with Crippen molar-refractivity contribution in [2.45, 2.75) is 38.6 Å². The number of nitrogens with one attached hydrogen (secondary N) is 1. The van der Waals surface area contributed by atoms with Gasteiger partial charge in [-0.2, -0.15) is 0 Å². The van der Waals surface area contributed by atoms with Gasteiger partial charge in [0.15, 0.2) is 5.22 Å². The fraction of sp³-hybridized carbons (Fsp3) is 0.714. The van der Waals surface area contributed by atoms with Crippen molar-refractivity contribution in [1.29, 1.82) is 0 Å². The van der Waals surface area contributed by atoms with Gasteiger partial charge in [0.25, 0.3) is 0 Å². The molecule has 1 aliphatic heterocycles. The molecule has 0 saturated carbocycles. The second-order valence-electron chi connectivity index (χ2n) is 4.94. The predicted octanol–water partition coefficient (Wildman–Crippen LogP) is 3.46. The molecule has 18 heavy (non-hydrogen) atoms. The van der Waals surface area contributed by atoms with Gasteiger partial charge in [-0.3, -0.25) is 4.90 Å². The Morgan fingerprint density at radius 1 is 1.33 bits per heavy atom. The number of unbranched alkanes of at least 4 members (excludes halogenated alkanes) is 2. The molecule has 0 bridgehead atoms. The van der Waals surface area contributed by atoms with Crippen LogP contribution in [0.2, 0.25) is 5.22 Å². The highest BCUT2D eigenvalue weighted by atomic mass is 35.5. The zero-order chi connectivity index (χ0) is 12.8. The molecule has 1 atom stereocenters. The van der Waals surface area contributed by atoms with Crippen molar-refractivity contribution in [2.24, 2.45) is 0 Å². The summed E-state index contributed by atoms with van der Waals surface area (Å²) in [5, 5.41) is 3.90. The van der Waals surface area contributed by atoms with Gasteiger partial charge in [0.1, 0.15) is 5.76 Å². The maximum atomic E-state index is 5.91. The Morgan fingerprint density at radius 3 is 2.72 bits per heavy atom. The van der Waals surface area contributed by atoms with E-state index < -0.39 is 0 Å². The molecule has 0 amide bonds. The molecule has 102 valence electrons. The van der Waals surface area contributed by atoms with E-state index in [1.165, 1.54) is 19.3 Å². The first-order valence-electron chi connectivity index (χ1n) is 7.01. The number of hydrogen-bond donors (Lipinski definition) is 1. The van der Waals surface area contributed by atoms with Crippen LogP contribution in [0.5, 0.6) is 0 Å². The summed E-state index contributed by atoms with van der Waals surface area (Å²) in [5.41, 5.74) is 0. The normalized spacial score (nSPS) is 19.0. The van der Waals surface area contributed by atoms with E-state index in [9.17, 15) is 0 Å². The molecule has 0 radical (unpaired) electrons. The van der Waals surface area contributed by atoms with Crippen molar-refractivity contribution in [3.05, 3.63) is 23.1 Å². The van der Waals surface area contributed by atoms with Crippen LogP contribution < -0.4 is 5.32 Å². The molecule has 1 aliphatic rings. The van der Waals surface area contributed by atoms with Crippen LogP contribution >= 0.6 is 11.6 Å². The fourth-order valence-electron chi connectivity index (χ4n) is 2.59. The molecule has 1 aromatic heterocycles. The van der Waals surface area contributed by atoms with Gasteiger partial charge in [-0.25, -0.2) is 0 Å². The summed E-state index contributed by atoms with van der Waals surface area (Å²) in [4.78, 5) is 2.52. The molecule has 1 fully saturated rings. The van der Waals surface area contributed by atoms with E-state index in [2.05, 4.69) is 17.1 Å². The van der Waals surface area contributed by atoms with Crippen molar-refractivity contribution < 1.29 is 4.42 Å². The van der Waals surface area contributed by atoms with E-state index in [4.69, 9.17) is 16.0 Å². The molecular formula is C14H23ClN2O. The van der Waals surface area contributed by atoms with Crippen LogP contribution in [0.25, 0.3) is 0 Å². The zero-order valence-corrected chi connectivity index (χ0v) is 11.9. The Kier molecular flexibility index (Phi) is 5.54. The van der Waals surface area contributed by atoms with Crippen LogP contribution in [0.1, 0.15) is 44.4 Å². The highest BCUT2D eigenvalue weighted by Crippen LogP contribution is 2.29. The van der Waals surface area contributed by atoms with Crippen LogP contribution in [0, 0.1) is 0 Å². The van der Waals surface area contributed by atoms with Crippen molar-refractivity contribution >= 4 is 11.6 Å². The standard InChI is InChI=1S/C14H23ClN2O/c1-2-3-4-5-12(13-6-7-14(15)18-13)17-10-8-16-9-11-17/h6-7,12,16H,2-5,8-11H2,1H3/t12-/m1/s1. The lowest BCUT2D eigenvalue weighted by atomic mass is 10.0. The maximum absolute atomic E-state index is 5.91. The third-order valence-corrected chi connectivity index (χ3v) is 3.80. The number of furan rings is 1. The molecule has 3 nitrogen and oxygen atoms in total. The van der Waals surface area contributed by atoms with Gasteiger partial charge in [-0.05, 0) is 30.2 Å². The first-order chi connectivity index (χ1) is 8.81. The van der Waals surface area contributed by atoms with Gasteiger partial charge in [-0.15, -0.1) is 0 Å². The van der Waals surface area contributed by atoms with E-state index in [1.54, 1.807) is 0 Å². The quantitative estimate of drug-likeness (QED) is 0.803. The number of piperazine rings is 1. The third kappa shape index (κ3) is 3.74. The van der Waals surface area contributed by atoms with E-state index in [-0.39, 0.29) is 0 Å². The lowest BCUT2D eigenvalue weighted by Crippen LogP contribution is -2.45. The molecule has 0 aliphatic carbocycles. The first kappa shape index (κ1) is 13.9. The van der Waals surface area contributed by atoms with Crippen LogP contribution in [-0.4, -0.2) is 31.1 Å². The molecule has 1 aromatic rings. The van der Waals surface area contributed by atoms with Gasteiger partial charge in [0.2, 0.25) is 0 Å². The highest BCUT2D eigenvalue weighted by Gasteiger charge is 2.24. The summed E-state index contributed by atoms with van der Waals surface area (Å²) < 4.78 is 5.63. The Hall–Kier alpha value is -0.510. The number of hydrogen-bond acceptors (Lipinski definition) is 3. The van der Waals surface area contributed by atoms with Gasteiger partial charge >= 0.3 is 0 Å². The molecule has 1 saturated heterocycles. The summed E-state index contributed by atoms with van der Waals surface area (Å²) >= 11 is 5.91. The summed E-state index contributed by atoms with van der Waals surface area (Å²) in [6, 6.07) is 4.28. The predicted molar refractivity (Wildman–Crippen MR) is 75.0 cm³/mol. The molecule has 4 heteroatoms. The van der Waals surface area contributed by atoms with Gasteiger partial charge < -0.3 is 9.73 Å². The lowest BCUT2D eigenvalue weighted by Gasteiger charge is -2.33. The minimum atomic E-state index is 0.395. The van der Waals surface area contributed by atoms with Gasteiger partial charge in [0, 0.05) is 26.2 Å². The Bertz CT molecular complexity index is 347. The average molecular weight is 271 g/mol. The number of halogens is 1. The third-order valence-electron chi connectivity index (χ3n) is 3.60. The topological polar surface area (TPSA) is 28.4 Å². The lowest BCUT2D eigenvalue weighted by molar-refractivity contribution is 0.144. The molecular weight excluding hydrogens is 248 g/mol. The smallest absolute Gasteiger partial charge is 0.193 e. The monoisotopic (exact) mass is 270 g/mol. The SMILES string of the molecule is CCCCC[C@H](c1ccc(Cl)o1)N1CCNCC1. The van der Waals surface area contributed by atoms with Crippen molar-refractivity contribution in [2.75, 3.05) is 26.2 Å². The zero-order valence-electron chi connectivity index (χ0n) is 11.1. The van der Waals surface area contributed by atoms with Gasteiger partial charge in [0.05, 0.1) is 6.04 Å². The van der Waals surface area contributed by atoms with Crippen LogP contribution in [0.4, 0.5) is 0 Å². The van der Waals surface area contributed by atoms with Crippen molar-refractivity contribution in [1.82, 2.24) is 10.2 Å². The first-order valence-corrected chi connectivity index (χ1v) is 7.39. The highest BCUT2D eigenvalue weighted by molar-refractivity contribution is 6.28. The Balaban J connectivity index is 2.01. The molecule has 0 unspecified atom stereocenters. The van der Waals surface area contributed by atoms with Crippen LogP contribution in [0.3, 0.4) is 0 Å². The van der Waals surface area contributed by atoms with E-state index in [1.807, 2.05) is 12.1 Å². The Labute approximate surface area is 114 Å². The number of rotatable bonds is 6. The molecule has 2 heterocycles. The summed E-state index contributed by atoms with van der Waals surface area (Å²) in [6.07, 6.45) is 4.96. The maximum Gasteiger partial charge on any atom is 0.193 e. The minimum Gasteiger partial charge on any atom is -0.448 e. The van der Waals surface area contributed by atoms with E-state index in [0.29, 0.717) is 11.3 Å². The van der Waals surface area contributed by atoms with Gasteiger partial charge in [-0.1, -0.05) is 26.2 Å². The Morgan fingerprint density at radius 2 is 2.11 bits per heavy atom. The van der Waals surface area contributed by atoms with Crippen molar-refractivity contribution in [3.63, 3.8) is 0 Å².